The summed E-state index contributed by atoms with van der Waals surface area (Å²) in [5.41, 5.74) is 1.94. The Balaban J connectivity index is 1.55. The minimum atomic E-state index is -0.467. The number of aliphatic hydroxyl groups excluding tert-OH is 2. The SMILES string of the molecule is CC(=NO)[C@]1([NH+]2CCCCC2)[C@H](O)C[C@@H]2[C@H]3CC=C4C[C@@H](O)CC[C@]4(C)[C@H]3CC[C@@]21C. The fourth-order valence-corrected chi connectivity index (χ4v) is 9.69. The van der Waals surface area contributed by atoms with Crippen LogP contribution in [0.3, 0.4) is 0 Å². The molecule has 4 fully saturated rings. The maximum absolute atomic E-state index is 11.7. The number of quaternary nitrogens is 1. The first-order valence-corrected chi connectivity index (χ1v) is 12.9. The first-order chi connectivity index (χ1) is 14.8. The molecule has 4 aliphatic carbocycles. The molecule has 0 bridgehead atoms. The van der Waals surface area contributed by atoms with Gasteiger partial charge in [0.15, 0.2) is 5.54 Å². The van der Waals surface area contributed by atoms with Gasteiger partial charge in [-0.05, 0) is 94.3 Å². The van der Waals surface area contributed by atoms with Gasteiger partial charge in [0.1, 0.15) is 11.8 Å². The summed E-state index contributed by atoms with van der Waals surface area (Å²) in [5.74, 6) is 1.67. The highest BCUT2D eigenvalue weighted by atomic mass is 16.4. The van der Waals surface area contributed by atoms with Gasteiger partial charge >= 0.3 is 0 Å². The zero-order valence-electron chi connectivity index (χ0n) is 19.7. The molecule has 5 rings (SSSR count). The van der Waals surface area contributed by atoms with E-state index in [4.69, 9.17) is 0 Å². The number of likely N-dealkylation sites (tertiary alicyclic amines) is 1. The van der Waals surface area contributed by atoms with Crippen molar-refractivity contribution in [2.75, 3.05) is 13.1 Å². The summed E-state index contributed by atoms with van der Waals surface area (Å²) in [6, 6.07) is 0. The van der Waals surface area contributed by atoms with E-state index in [0.717, 1.165) is 57.3 Å². The number of nitrogens with one attached hydrogen (secondary N) is 1. The number of oxime groups is 1. The number of hydrogen-bond donors (Lipinski definition) is 4. The Kier molecular flexibility index (Phi) is 5.35. The van der Waals surface area contributed by atoms with Crippen LogP contribution in [0.4, 0.5) is 0 Å². The van der Waals surface area contributed by atoms with Gasteiger partial charge in [-0.3, -0.25) is 0 Å². The molecule has 0 unspecified atom stereocenters. The lowest BCUT2D eigenvalue weighted by Crippen LogP contribution is -3.25. The van der Waals surface area contributed by atoms with E-state index in [0.29, 0.717) is 17.8 Å². The lowest BCUT2D eigenvalue weighted by atomic mass is 9.46. The number of hydrogen-bond acceptors (Lipinski definition) is 4. The summed E-state index contributed by atoms with van der Waals surface area (Å²) in [4.78, 5) is 1.46. The predicted molar refractivity (Wildman–Crippen MR) is 121 cm³/mol. The average Bonchev–Trinajstić information content (AvgIpc) is 3.01. The van der Waals surface area contributed by atoms with Crippen molar-refractivity contribution in [2.24, 2.45) is 33.7 Å². The standard InChI is InChI=1S/C26H42N2O3/c1-17(27-31)26(28-13-5-4-6-14-28)23(30)16-22-20-8-7-18-15-19(29)9-11-24(18,2)21(20)10-12-25(22,26)3/h7,19-23,29-31H,4-6,8-16H2,1-3H3/p+1/t19-,20-,21-,22+,23+,24-,25-,26-/m0/s1. The van der Waals surface area contributed by atoms with Gasteiger partial charge in [0, 0.05) is 5.41 Å². The summed E-state index contributed by atoms with van der Waals surface area (Å²) in [6.07, 6.45) is 12.5. The largest absolute Gasteiger partial charge is 0.411 e. The number of allylic oxidation sites excluding steroid dienone is 1. The molecule has 1 aliphatic heterocycles. The molecule has 4 N–H and O–H groups in total. The van der Waals surface area contributed by atoms with Crippen LogP contribution < -0.4 is 4.90 Å². The fraction of sp³-hybridized carbons (Fsp3) is 0.885. The molecular formula is C26H43N2O3+. The van der Waals surface area contributed by atoms with E-state index in [1.807, 2.05) is 6.92 Å². The molecule has 1 heterocycles. The zero-order chi connectivity index (χ0) is 22.0. The maximum Gasteiger partial charge on any atom is 0.171 e. The molecule has 174 valence electrons. The molecule has 0 aromatic heterocycles. The molecule has 0 spiro atoms. The van der Waals surface area contributed by atoms with E-state index in [9.17, 15) is 15.4 Å². The number of fused-ring (bicyclic) bond motifs is 5. The second kappa shape index (κ2) is 7.56. The van der Waals surface area contributed by atoms with Crippen molar-refractivity contribution in [1.82, 2.24) is 0 Å². The third-order valence-corrected chi connectivity index (χ3v) is 11.1. The Bertz CT molecular complexity index is 775. The van der Waals surface area contributed by atoms with Crippen molar-refractivity contribution in [1.29, 1.82) is 0 Å². The molecule has 5 heteroatoms. The summed E-state index contributed by atoms with van der Waals surface area (Å²) >= 11 is 0. The van der Waals surface area contributed by atoms with E-state index in [1.54, 1.807) is 0 Å². The Hall–Kier alpha value is -0.910. The monoisotopic (exact) mass is 431 g/mol. The minimum absolute atomic E-state index is 0.0492. The van der Waals surface area contributed by atoms with Gasteiger partial charge in [-0.2, -0.15) is 0 Å². The first-order valence-electron chi connectivity index (χ1n) is 12.9. The molecule has 8 atom stereocenters. The fourth-order valence-electron chi connectivity index (χ4n) is 9.69. The summed E-state index contributed by atoms with van der Waals surface area (Å²) in [5, 5.41) is 35.8. The van der Waals surface area contributed by atoms with Crippen molar-refractivity contribution in [3.8, 4) is 0 Å². The lowest BCUT2D eigenvalue weighted by molar-refractivity contribution is -0.956. The molecule has 31 heavy (non-hydrogen) atoms. The van der Waals surface area contributed by atoms with Crippen LogP contribution in [0.25, 0.3) is 0 Å². The van der Waals surface area contributed by atoms with Gasteiger partial charge in [0.05, 0.1) is 19.2 Å². The average molecular weight is 432 g/mol. The van der Waals surface area contributed by atoms with Gasteiger partial charge in [-0.1, -0.05) is 30.7 Å². The van der Waals surface area contributed by atoms with Crippen LogP contribution in [0.2, 0.25) is 0 Å². The Morgan fingerprint density at radius 1 is 1.06 bits per heavy atom. The maximum atomic E-state index is 11.7. The number of piperidine rings is 1. The van der Waals surface area contributed by atoms with Crippen molar-refractivity contribution in [2.45, 2.75) is 103 Å². The van der Waals surface area contributed by atoms with Gasteiger partial charge in [-0.15, -0.1) is 0 Å². The van der Waals surface area contributed by atoms with E-state index in [-0.39, 0.29) is 16.9 Å². The number of aliphatic hydroxyl groups is 2. The van der Waals surface area contributed by atoms with Crippen LogP contribution >= 0.6 is 0 Å². The minimum Gasteiger partial charge on any atom is -0.411 e. The van der Waals surface area contributed by atoms with Crippen molar-refractivity contribution < 1.29 is 20.3 Å². The highest BCUT2D eigenvalue weighted by molar-refractivity contribution is 5.92. The molecule has 0 radical (unpaired) electrons. The van der Waals surface area contributed by atoms with E-state index in [1.165, 1.54) is 36.2 Å². The van der Waals surface area contributed by atoms with Gasteiger partial charge in [0.25, 0.3) is 0 Å². The van der Waals surface area contributed by atoms with Crippen molar-refractivity contribution >= 4 is 5.71 Å². The normalized spacial score (nSPS) is 50.9. The third kappa shape index (κ3) is 2.81. The third-order valence-electron chi connectivity index (χ3n) is 11.1. The Morgan fingerprint density at radius 3 is 2.52 bits per heavy atom. The number of nitrogens with zero attached hydrogens (tertiary/aromatic N) is 1. The summed E-state index contributed by atoms with van der Waals surface area (Å²) in [7, 11) is 0. The van der Waals surface area contributed by atoms with Crippen LogP contribution in [0.15, 0.2) is 16.8 Å². The molecule has 1 saturated heterocycles. The topological polar surface area (TPSA) is 77.5 Å². The molecular weight excluding hydrogens is 388 g/mol. The molecule has 3 saturated carbocycles. The zero-order valence-corrected chi connectivity index (χ0v) is 19.7. The second-order valence-corrected chi connectivity index (χ2v) is 12.0. The van der Waals surface area contributed by atoms with Crippen LogP contribution in [0.5, 0.6) is 0 Å². The first kappa shape index (κ1) is 21.9. The summed E-state index contributed by atoms with van der Waals surface area (Å²) < 4.78 is 0. The number of rotatable bonds is 2. The van der Waals surface area contributed by atoms with E-state index >= 15 is 0 Å². The second-order valence-electron chi connectivity index (χ2n) is 12.0. The van der Waals surface area contributed by atoms with Crippen LogP contribution in [0, 0.1) is 28.6 Å². The highest BCUT2D eigenvalue weighted by Crippen LogP contribution is 2.66. The van der Waals surface area contributed by atoms with Crippen LogP contribution in [-0.2, 0) is 0 Å². The van der Waals surface area contributed by atoms with Gasteiger partial charge in [0.2, 0.25) is 0 Å². The van der Waals surface area contributed by atoms with E-state index < -0.39 is 11.6 Å². The van der Waals surface area contributed by atoms with Crippen molar-refractivity contribution in [3.05, 3.63) is 11.6 Å². The smallest absolute Gasteiger partial charge is 0.171 e. The molecule has 5 nitrogen and oxygen atoms in total. The Morgan fingerprint density at radius 2 is 1.81 bits per heavy atom. The van der Waals surface area contributed by atoms with Crippen LogP contribution in [-0.4, -0.2) is 52.0 Å². The summed E-state index contributed by atoms with van der Waals surface area (Å²) in [6.45, 7) is 8.99. The van der Waals surface area contributed by atoms with Crippen molar-refractivity contribution in [3.63, 3.8) is 0 Å². The molecule has 0 aromatic rings. The van der Waals surface area contributed by atoms with Gasteiger partial charge < -0.3 is 20.3 Å². The Labute approximate surface area is 187 Å². The van der Waals surface area contributed by atoms with E-state index in [2.05, 4.69) is 25.1 Å². The molecule has 5 aliphatic rings. The lowest BCUT2D eigenvalue weighted by Gasteiger charge is -2.60. The predicted octanol–water partition coefficient (Wildman–Crippen LogP) is 2.94. The van der Waals surface area contributed by atoms with Gasteiger partial charge in [-0.25, -0.2) is 0 Å². The van der Waals surface area contributed by atoms with Crippen LogP contribution in [0.1, 0.15) is 85.0 Å². The quantitative estimate of drug-likeness (QED) is 0.235. The molecule has 0 aromatic carbocycles. The highest BCUT2D eigenvalue weighted by Gasteiger charge is 2.73. The molecule has 0 amide bonds.